The number of aryl methyl sites for hydroxylation is 1. The van der Waals surface area contributed by atoms with Gasteiger partial charge in [0.05, 0.1) is 6.61 Å². The minimum absolute atomic E-state index is 0.261. The summed E-state index contributed by atoms with van der Waals surface area (Å²) in [6.45, 7) is 1.05. The number of hydrogen-bond donors (Lipinski definition) is 1. The van der Waals surface area contributed by atoms with Crippen LogP contribution in [0.25, 0.3) is 0 Å². The molecular formula is C7H11NO3S. The number of nitrogens with zero attached hydrogens (tertiary/aromatic N) is 1. The highest BCUT2D eigenvalue weighted by Gasteiger charge is 1.90. The van der Waals surface area contributed by atoms with Crippen LogP contribution >= 0.6 is 0 Å². The van der Waals surface area contributed by atoms with Crippen molar-refractivity contribution in [2.45, 2.75) is 13.0 Å². The summed E-state index contributed by atoms with van der Waals surface area (Å²) >= 11 is 0. The standard InChI is InChI=1S/C7H11NO3S/c9-12(10)11-7-3-6-8-4-1-2-5-8/h1-2,4-5,12H,3,6-7H2. The first-order chi connectivity index (χ1) is 5.79. The van der Waals surface area contributed by atoms with Gasteiger partial charge < -0.3 is 4.57 Å². The molecule has 0 spiro atoms. The molecule has 0 aliphatic heterocycles. The number of aromatic nitrogens is 1. The van der Waals surface area contributed by atoms with Gasteiger partial charge in [-0.05, 0) is 18.6 Å². The van der Waals surface area contributed by atoms with Gasteiger partial charge in [-0.25, -0.2) is 8.42 Å². The third kappa shape index (κ3) is 3.54. The van der Waals surface area contributed by atoms with E-state index >= 15 is 0 Å². The van der Waals surface area contributed by atoms with E-state index in [1.54, 1.807) is 0 Å². The second-order valence-electron chi connectivity index (χ2n) is 2.33. The molecule has 12 heavy (non-hydrogen) atoms. The van der Waals surface area contributed by atoms with Gasteiger partial charge in [-0.3, -0.25) is 4.18 Å². The Morgan fingerprint density at radius 3 is 2.50 bits per heavy atom. The molecule has 0 aliphatic rings. The summed E-state index contributed by atoms with van der Waals surface area (Å²) in [7, 11) is -2.68. The van der Waals surface area contributed by atoms with E-state index in [0.29, 0.717) is 6.42 Å². The van der Waals surface area contributed by atoms with E-state index < -0.39 is 11.0 Å². The molecule has 0 atom stereocenters. The quantitative estimate of drug-likeness (QED) is 0.539. The summed E-state index contributed by atoms with van der Waals surface area (Å²) in [5.74, 6) is 0. The van der Waals surface area contributed by atoms with E-state index in [9.17, 15) is 8.42 Å². The maximum absolute atomic E-state index is 9.97. The molecule has 0 saturated carbocycles. The van der Waals surface area contributed by atoms with Crippen LogP contribution in [0.5, 0.6) is 0 Å². The first-order valence-electron chi connectivity index (χ1n) is 3.67. The SMILES string of the molecule is O=[SH](=O)OCCCn1cccc1. The van der Waals surface area contributed by atoms with Crippen LogP contribution in [-0.2, 0) is 21.7 Å². The Balaban J connectivity index is 2.11. The Labute approximate surface area is 72.9 Å². The summed E-state index contributed by atoms with van der Waals surface area (Å²) in [6.07, 6.45) is 4.56. The van der Waals surface area contributed by atoms with Crippen molar-refractivity contribution in [3.05, 3.63) is 24.5 Å². The van der Waals surface area contributed by atoms with E-state index in [0.717, 1.165) is 6.54 Å². The van der Waals surface area contributed by atoms with Crippen LogP contribution in [0.4, 0.5) is 0 Å². The largest absolute Gasteiger partial charge is 0.354 e. The zero-order chi connectivity index (χ0) is 8.81. The topological polar surface area (TPSA) is 48.3 Å². The van der Waals surface area contributed by atoms with E-state index in [4.69, 9.17) is 0 Å². The second-order valence-corrected chi connectivity index (χ2v) is 3.04. The van der Waals surface area contributed by atoms with Crippen LogP contribution in [0, 0.1) is 0 Å². The van der Waals surface area contributed by atoms with E-state index in [1.165, 1.54) is 0 Å². The summed E-state index contributed by atoms with van der Waals surface area (Å²) in [5, 5.41) is 0. The van der Waals surface area contributed by atoms with Gasteiger partial charge in [0.1, 0.15) is 0 Å². The summed E-state index contributed by atoms with van der Waals surface area (Å²) in [6, 6.07) is 3.85. The van der Waals surface area contributed by atoms with Crippen molar-refractivity contribution in [2.75, 3.05) is 6.61 Å². The summed E-state index contributed by atoms with van der Waals surface area (Å²) in [5.41, 5.74) is 0. The summed E-state index contributed by atoms with van der Waals surface area (Å²) < 4.78 is 26.3. The molecule has 0 aliphatic carbocycles. The number of thiol groups is 1. The lowest BCUT2D eigenvalue weighted by Crippen LogP contribution is -1.99. The maximum atomic E-state index is 9.97. The van der Waals surface area contributed by atoms with Gasteiger partial charge in [-0.15, -0.1) is 0 Å². The van der Waals surface area contributed by atoms with Gasteiger partial charge >= 0.3 is 0 Å². The van der Waals surface area contributed by atoms with Crippen LogP contribution in [-0.4, -0.2) is 19.6 Å². The van der Waals surface area contributed by atoms with Crippen molar-refractivity contribution in [3.63, 3.8) is 0 Å². The molecule has 0 N–H and O–H groups in total. The van der Waals surface area contributed by atoms with E-state index in [2.05, 4.69) is 4.18 Å². The average molecular weight is 189 g/mol. The molecule has 0 amide bonds. The number of rotatable bonds is 5. The Hall–Kier alpha value is -0.810. The van der Waals surface area contributed by atoms with Crippen molar-refractivity contribution in [1.29, 1.82) is 0 Å². The van der Waals surface area contributed by atoms with Gasteiger partial charge in [0.15, 0.2) is 0 Å². The predicted octanol–water partition coefficient (Wildman–Crippen LogP) is 0.421. The molecule has 1 aromatic heterocycles. The van der Waals surface area contributed by atoms with Crippen molar-refractivity contribution in [1.82, 2.24) is 4.57 Å². The molecule has 4 nitrogen and oxygen atoms in total. The van der Waals surface area contributed by atoms with Crippen molar-refractivity contribution in [2.24, 2.45) is 0 Å². The zero-order valence-corrected chi connectivity index (χ0v) is 7.44. The van der Waals surface area contributed by atoms with Gasteiger partial charge in [0, 0.05) is 18.9 Å². The third-order valence-corrected chi connectivity index (χ3v) is 1.82. The highest BCUT2D eigenvalue weighted by Crippen LogP contribution is 1.93. The minimum atomic E-state index is -2.68. The van der Waals surface area contributed by atoms with Crippen LogP contribution in [0.1, 0.15) is 6.42 Å². The lowest BCUT2D eigenvalue weighted by atomic mass is 10.4. The van der Waals surface area contributed by atoms with Crippen LogP contribution in [0.3, 0.4) is 0 Å². The smallest absolute Gasteiger partial charge is 0.257 e. The molecule has 0 unspecified atom stereocenters. The predicted molar refractivity (Wildman–Crippen MR) is 45.3 cm³/mol. The van der Waals surface area contributed by atoms with Gasteiger partial charge in [-0.2, -0.15) is 0 Å². The molecule has 0 saturated heterocycles. The molecule has 1 heterocycles. The molecule has 1 aromatic rings. The Kier molecular flexibility index (Phi) is 3.83. The third-order valence-electron chi connectivity index (χ3n) is 1.42. The summed E-state index contributed by atoms with van der Waals surface area (Å²) in [4.78, 5) is 0. The zero-order valence-electron chi connectivity index (χ0n) is 6.55. The second kappa shape index (κ2) is 4.95. The minimum Gasteiger partial charge on any atom is -0.354 e. The molecule has 0 fully saturated rings. The van der Waals surface area contributed by atoms with Crippen LogP contribution in [0.2, 0.25) is 0 Å². The van der Waals surface area contributed by atoms with Crippen molar-refractivity contribution in [3.8, 4) is 0 Å². The maximum Gasteiger partial charge on any atom is 0.257 e. The van der Waals surface area contributed by atoms with Crippen LogP contribution in [0.15, 0.2) is 24.5 Å². The van der Waals surface area contributed by atoms with E-state index in [-0.39, 0.29) is 6.61 Å². The molecule has 5 heteroatoms. The molecule has 1 rings (SSSR count). The first-order valence-corrected chi connectivity index (χ1v) is 4.76. The monoisotopic (exact) mass is 189 g/mol. The Morgan fingerprint density at radius 2 is 1.92 bits per heavy atom. The highest BCUT2D eigenvalue weighted by atomic mass is 32.2. The normalized spacial score (nSPS) is 10.8. The highest BCUT2D eigenvalue weighted by molar-refractivity contribution is 7.67. The fourth-order valence-corrected chi connectivity index (χ4v) is 1.18. The lowest BCUT2D eigenvalue weighted by molar-refractivity contribution is 0.317. The molecule has 0 aromatic carbocycles. The fourth-order valence-electron chi connectivity index (χ4n) is 0.905. The fraction of sp³-hybridized carbons (Fsp3) is 0.429. The van der Waals surface area contributed by atoms with Gasteiger partial charge in [0.25, 0.3) is 11.0 Å². The van der Waals surface area contributed by atoms with Gasteiger partial charge in [0.2, 0.25) is 0 Å². The van der Waals surface area contributed by atoms with Crippen LogP contribution < -0.4 is 0 Å². The Morgan fingerprint density at radius 1 is 1.25 bits per heavy atom. The van der Waals surface area contributed by atoms with Crippen molar-refractivity contribution >= 4 is 11.0 Å². The van der Waals surface area contributed by atoms with Crippen molar-refractivity contribution < 1.29 is 12.6 Å². The lowest BCUT2D eigenvalue weighted by Gasteiger charge is -1.99. The Bertz CT molecular complexity index is 271. The molecule has 0 radical (unpaired) electrons. The molecule has 0 bridgehead atoms. The van der Waals surface area contributed by atoms with Gasteiger partial charge in [-0.1, -0.05) is 0 Å². The molecule has 68 valence electrons. The van der Waals surface area contributed by atoms with E-state index in [1.807, 2.05) is 29.1 Å². The number of hydrogen-bond acceptors (Lipinski definition) is 3. The molecular weight excluding hydrogens is 178 g/mol. The first kappa shape index (κ1) is 9.28. The average Bonchev–Trinajstić information content (AvgIpc) is 2.49.